The molecule has 3 aliphatic rings. The highest BCUT2D eigenvalue weighted by Gasteiger charge is 2.54. The van der Waals surface area contributed by atoms with E-state index in [0.717, 1.165) is 48.1 Å². The van der Waals surface area contributed by atoms with Crippen LogP contribution in [0.1, 0.15) is 65.7 Å². The van der Waals surface area contributed by atoms with E-state index in [1.807, 2.05) is 10.6 Å². The number of hydrogen-bond acceptors (Lipinski definition) is 4. The summed E-state index contributed by atoms with van der Waals surface area (Å²) in [5, 5.41) is 0.923. The van der Waals surface area contributed by atoms with Gasteiger partial charge in [0.25, 0.3) is 5.56 Å². The Labute approximate surface area is 222 Å². The second-order valence-electron chi connectivity index (χ2n) is 11.6. The first-order chi connectivity index (χ1) is 18.1. The molecule has 7 rings (SSSR count). The van der Waals surface area contributed by atoms with Crippen molar-refractivity contribution in [2.45, 2.75) is 69.7 Å². The number of methoxy groups -OCH3 is 1. The van der Waals surface area contributed by atoms with Crippen molar-refractivity contribution in [2.24, 2.45) is 11.8 Å². The number of hydrogen-bond donors (Lipinski definition) is 0. The van der Waals surface area contributed by atoms with E-state index in [1.54, 1.807) is 30.3 Å². The monoisotopic (exact) mass is 510 g/mol. The lowest BCUT2D eigenvalue weighted by atomic mass is 9.55. The van der Waals surface area contributed by atoms with Gasteiger partial charge in [0.2, 0.25) is 0 Å². The largest absolute Gasteiger partial charge is 0.497 e. The van der Waals surface area contributed by atoms with Crippen LogP contribution in [0.15, 0.2) is 59.7 Å². The van der Waals surface area contributed by atoms with Gasteiger partial charge in [-0.2, -0.15) is 0 Å². The molecule has 0 bridgehead atoms. The number of benzene rings is 2. The number of fused-ring (bicyclic) bond motifs is 9. The Balaban J connectivity index is 1.19. The van der Waals surface area contributed by atoms with Gasteiger partial charge < -0.3 is 4.74 Å². The molecule has 2 heterocycles. The molecule has 0 spiro atoms. The summed E-state index contributed by atoms with van der Waals surface area (Å²) in [6.45, 7) is 3.17. The number of thiophene rings is 1. The summed E-state index contributed by atoms with van der Waals surface area (Å²) in [5.41, 5.74) is 5.93. The van der Waals surface area contributed by atoms with Gasteiger partial charge in [0.1, 0.15) is 10.6 Å². The molecule has 3 aliphatic carbocycles. The van der Waals surface area contributed by atoms with E-state index in [0.29, 0.717) is 24.3 Å². The van der Waals surface area contributed by atoms with E-state index < -0.39 is 0 Å². The van der Waals surface area contributed by atoms with E-state index in [4.69, 9.17) is 9.72 Å². The quantitative estimate of drug-likeness (QED) is 0.301. The maximum absolute atomic E-state index is 13.8. The predicted molar refractivity (Wildman–Crippen MR) is 150 cm³/mol. The van der Waals surface area contributed by atoms with Crippen LogP contribution in [0.4, 0.5) is 0 Å². The molecule has 0 unspecified atom stereocenters. The van der Waals surface area contributed by atoms with Gasteiger partial charge >= 0.3 is 0 Å². The second kappa shape index (κ2) is 8.83. The maximum Gasteiger partial charge on any atom is 0.262 e. The van der Waals surface area contributed by atoms with Crippen molar-refractivity contribution >= 4 is 21.6 Å². The Bertz CT molecular complexity index is 1540. The summed E-state index contributed by atoms with van der Waals surface area (Å²) in [6.07, 6.45) is 9.51. The Kier molecular flexibility index (Phi) is 5.54. The van der Waals surface area contributed by atoms with Crippen LogP contribution in [-0.2, 0) is 31.2 Å². The molecule has 0 amide bonds. The van der Waals surface area contributed by atoms with E-state index >= 15 is 0 Å². The summed E-state index contributed by atoms with van der Waals surface area (Å²) in [5.74, 6) is 2.89. The fourth-order valence-electron chi connectivity index (χ4n) is 7.97. The average Bonchev–Trinajstić information content (AvgIpc) is 3.44. The molecular formula is C32H34N2O2S. The van der Waals surface area contributed by atoms with E-state index in [1.165, 1.54) is 34.4 Å². The van der Waals surface area contributed by atoms with Gasteiger partial charge in [-0.3, -0.25) is 9.36 Å². The summed E-state index contributed by atoms with van der Waals surface area (Å²) in [7, 11) is 1.76. The van der Waals surface area contributed by atoms with Gasteiger partial charge in [0, 0.05) is 11.4 Å². The predicted octanol–water partition coefficient (Wildman–Crippen LogP) is 6.67. The molecule has 37 heavy (non-hydrogen) atoms. The van der Waals surface area contributed by atoms with Crippen LogP contribution in [0, 0.1) is 11.8 Å². The Hall–Kier alpha value is -2.92. The van der Waals surface area contributed by atoms with Crippen LogP contribution in [0.25, 0.3) is 10.2 Å². The molecule has 0 aliphatic heterocycles. The first-order valence-electron chi connectivity index (χ1n) is 13.8. The lowest BCUT2D eigenvalue weighted by Crippen LogP contribution is -2.43. The van der Waals surface area contributed by atoms with Crippen molar-refractivity contribution in [3.63, 3.8) is 0 Å². The fourth-order valence-corrected chi connectivity index (χ4v) is 9.30. The number of rotatable bonds is 5. The van der Waals surface area contributed by atoms with Crippen molar-refractivity contribution in [3.8, 4) is 5.75 Å². The molecule has 4 aromatic rings. The van der Waals surface area contributed by atoms with E-state index in [2.05, 4.69) is 49.4 Å². The van der Waals surface area contributed by atoms with Crippen molar-refractivity contribution in [3.05, 3.63) is 92.3 Å². The van der Waals surface area contributed by atoms with E-state index in [-0.39, 0.29) is 11.0 Å². The summed E-state index contributed by atoms with van der Waals surface area (Å²) < 4.78 is 7.37. The molecule has 2 aromatic heterocycles. The van der Waals surface area contributed by atoms with Crippen LogP contribution in [-0.4, -0.2) is 16.7 Å². The summed E-state index contributed by atoms with van der Waals surface area (Å²) >= 11 is 1.78. The molecule has 1 fully saturated rings. The van der Waals surface area contributed by atoms with Crippen LogP contribution >= 0.6 is 11.3 Å². The minimum atomic E-state index is 0.0722. The summed E-state index contributed by atoms with van der Waals surface area (Å²) in [6, 6.07) is 17.2. The Morgan fingerprint density at radius 3 is 2.86 bits per heavy atom. The van der Waals surface area contributed by atoms with Gasteiger partial charge in [-0.25, -0.2) is 4.98 Å². The van der Waals surface area contributed by atoms with Crippen molar-refractivity contribution in [2.75, 3.05) is 7.11 Å². The first kappa shape index (κ1) is 23.2. The molecule has 4 nitrogen and oxygen atoms in total. The van der Waals surface area contributed by atoms with Crippen LogP contribution in [0.2, 0.25) is 0 Å². The standard InChI is InChI=1S/C32H34N2O2S/c1-32-15-14-24-23-13-11-22(36-2)17-21(23)10-12-25(24)26(32)18-27-29(32)28-30(37-27)33-19-34(31(28)35)16-6-9-20-7-4-3-5-8-20/h3-5,7-8,11,13,17,19,24-26H,6,9-10,12,14-16,18H2,1-2H3/t24-,25-,26-,32+/m1/s1. The van der Waals surface area contributed by atoms with Crippen LogP contribution < -0.4 is 10.3 Å². The minimum Gasteiger partial charge on any atom is -0.497 e. The molecule has 190 valence electrons. The highest BCUT2D eigenvalue weighted by Crippen LogP contribution is 2.62. The Morgan fingerprint density at radius 2 is 2.03 bits per heavy atom. The van der Waals surface area contributed by atoms with Gasteiger partial charge in [-0.05, 0) is 103 Å². The highest BCUT2D eigenvalue weighted by atomic mass is 32.1. The van der Waals surface area contributed by atoms with Crippen molar-refractivity contribution in [1.29, 1.82) is 0 Å². The zero-order valence-corrected chi connectivity index (χ0v) is 22.5. The molecule has 2 aromatic carbocycles. The number of nitrogens with zero attached hydrogens (tertiary/aromatic N) is 2. The van der Waals surface area contributed by atoms with Gasteiger partial charge in [0.15, 0.2) is 0 Å². The second-order valence-corrected chi connectivity index (χ2v) is 12.6. The van der Waals surface area contributed by atoms with Gasteiger partial charge in [-0.1, -0.05) is 43.3 Å². The van der Waals surface area contributed by atoms with Crippen molar-refractivity contribution in [1.82, 2.24) is 9.55 Å². The third-order valence-corrected chi connectivity index (χ3v) is 10.9. The van der Waals surface area contributed by atoms with Gasteiger partial charge in [0.05, 0.1) is 18.8 Å². The van der Waals surface area contributed by atoms with Crippen LogP contribution in [0.5, 0.6) is 5.75 Å². The smallest absolute Gasteiger partial charge is 0.262 e. The van der Waals surface area contributed by atoms with Crippen molar-refractivity contribution < 1.29 is 4.74 Å². The number of aromatic nitrogens is 2. The lowest BCUT2D eigenvalue weighted by molar-refractivity contribution is 0.106. The Morgan fingerprint density at radius 1 is 1.16 bits per heavy atom. The lowest BCUT2D eigenvalue weighted by Gasteiger charge is -2.49. The molecule has 0 radical (unpaired) electrons. The molecule has 5 heteroatoms. The van der Waals surface area contributed by atoms with Crippen LogP contribution in [0.3, 0.4) is 0 Å². The third-order valence-electron chi connectivity index (χ3n) is 9.76. The summed E-state index contributed by atoms with van der Waals surface area (Å²) in [4.78, 5) is 21.0. The maximum atomic E-state index is 13.8. The molecule has 4 atom stereocenters. The SMILES string of the molecule is COc1ccc2c(c1)CC[C@@H]1[C@@H]2CC[C@]2(C)c3c(sc4ncn(CCCc5ccccc5)c(=O)c34)C[C@H]12. The first-order valence-corrected chi connectivity index (χ1v) is 14.6. The van der Waals surface area contributed by atoms with Gasteiger partial charge in [-0.15, -0.1) is 11.3 Å². The highest BCUT2D eigenvalue weighted by molar-refractivity contribution is 7.18. The zero-order valence-electron chi connectivity index (χ0n) is 21.7. The normalized spacial score (nSPS) is 25.8. The minimum absolute atomic E-state index is 0.0722. The third kappa shape index (κ3) is 3.61. The number of aryl methyl sites for hydroxylation is 3. The number of ether oxygens (including phenoxy) is 1. The topological polar surface area (TPSA) is 44.1 Å². The molecular weight excluding hydrogens is 476 g/mol. The average molecular weight is 511 g/mol. The molecule has 0 N–H and O–H groups in total. The van der Waals surface area contributed by atoms with E-state index in [9.17, 15) is 4.79 Å². The zero-order chi connectivity index (χ0) is 25.1. The fraction of sp³-hybridized carbons (Fsp3) is 0.438. The molecule has 0 saturated heterocycles. The molecule has 1 saturated carbocycles.